The van der Waals surface area contributed by atoms with Crippen molar-refractivity contribution in [2.45, 2.75) is 38.0 Å². The second kappa shape index (κ2) is 11.3. The van der Waals surface area contributed by atoms with Crippen molar-refractivity contribution in [1.82, 2.24) is 19.8 Å². The number of hydrogen-bond donors (Lipinski definition) is 2. The molecule has 0 aromatic heterocycles. The van der Waals surface area contributed by atoms with Gasteiger partial charge in [0.15, 0.2) is 11.6 Å². The van der Waals surface area contributed by atoms with Crippen molar-refractivity contribution in [2.24, 2.45) is 11.3 Å². The van der Waals surface area contributed by atoms with Crippen molar-refractivity contribution >= 4 is 21.8 Å². The number of carbonyl (C=O) groups is 2. The third kappa shape index (κ3) is 8.31. The molecule has 11 heteroatoms. The second-order valence-corrected chi connectivity index (χ2v) is 11.3. The third-order valence-corrected chi connectivity index (χ3v) is 6.99. The van der Waals surface area contributed by atoms with Crippen LogP contribution in [0, 0.1) is 23.0 Å². The summed E-state index contributed by atoms with van der Waals surface area (Å²) >= 11 is 0. The molecule has 1 saturated heterocycles. The lowest BCUT2D eigenvalue weighted by Gasteiger charge is -2.33. The maximum absolute atomic E-state index is 13.3. The summed E-state index contributed by atoms with van der Waals surface area (Å²) in [6.07, 6.45) is 1.02. The van der Waals surface area contributed by atoms with E-state index < -0.39 is 26.6 Å². The summed E-state index contributed by atoms with van der Waals surface area (Å²) < 4.78 is 52.9. The van der Waals surface area contributed by atoms with Crippen LogP contribution in [0.25, 0.3) is 0 Å². The number of carbonyl (C=O) groups excluding carboxylic acids is 2. The van der Waals surface area contributed by atoms with Gasteiger partial charge in [0.05, 0.1) is 4.90 Å². The normalized spacial score (nSPS) is 15.7. The lowest BCUT2D eigenvalue weighted by atomic mass is 9.91. The molecule has 2 rings (SSSR count). The van der Waals surface area contributed by atoms with E-state index >= 15 is 0 Å². The summed E-state index contributed by atoms with van der Waals surface area (Å²) in [6.45, 7) is 6.29. The van der Waals surface area contributed by atoms with Gasteiger partial charge in [0.25, 0.3) is 0 Å². The number of halogens is 2. The first-order valence-electron chi connectivity index (χ1n) is 11.0. The molecule has 0 radical (unpaired) electrons. The number of amides is 2. The fourth-order valence-electron chi connectivity index (χ4n) is 3.95. The first kappa shape index (κ1) is 27.1. The second-order valence-electron chi connectivity index (χ2n) is 9.50. The average molecular weight is 489 g/mol. The van der Waals surface area contributed by atoms with Crippen LogP contribution in [0.15, 0.2) is 23.1 Å². The molecular weight excluding hydrogens is 454 g/mol. The van der Waals surface area contributed by atoms with Gasteiger partial charge in [0, 0.05) is 45.1 Å². The van der Waals surface area contributed by atoms with Gasteiger partial charge in [0.1, 0.15) is 0 Å². The summed E-state index contributed by atoms with van der Waals surface area (Å²) in [5.41, 5.74) is -0.0527. The highest BCUT2D eigenvalue weighted by molar-refractivity contribution is 7.89. The van der Waals surface area contributed by atoms with Gasteiger partial charge in [-0.3, -0.25) is 9.59 Å². The van der Waals surface area contributed by atoms with Crippen LogP contribution in [-0.2, 0) is 19.6 Å². The Hall–Kier alpha value is -2.11. The van der Waals surface area contributed by atoms with Gasteiger partial charge in [-0.25, -0.2) is 21.9 Å². The van der Waals surface area contributed by atoms with E-state index in [1.165, 1.54) is 0 Å². The first-order valence-corrected chi connectivity index (χ1v) is 12.4. The Morgan fingerprint density at radius 3 is 2.36 bits per heavy atom. The zero-order valence-corrected chi connectivity index (χ0v) is 20.5. The standard InChI is InChI=1S/C22H34F2N4O4S/c1-22(2,15-27(3)4)14-25-21(30)16-8-11-28(12-9-16)20(29)7-10-26-33(31,32)17-5-6-18(23)19(24)13-17/h5-6,13,16,26H,7-12,14-15H2,1-4H3,(H,25,30). The molecule has 1 aromatic rings. The molecule has 0 unspecified atom stereocenters. The average Bonchev–Trinajstić information content (AvgIpc) is 2.73. The summed E-state index contributed by atoms with van der Waals surface area (Å²) in [7, 11) is -0.0756. The van der Waals surface area contributed by atoms with Crippen LogP contribution in [-0.4, -0.2) is 76.9 Å². The lowest BCUT2D eigenvalue weighted by Crippen LogP contribution is -2.46. The van der Waals surface area contributed by atoms with E-state index in [4.69, 9.17) is 0 Å². The van der Waals surface area contributed by atoms with Crippen molar-refractivity contribution in [1.29, 1.82) is 0 Å². The van der Waals surface area contributed by atoms with E-state index in [0.29, 0.717) is 38.5 Å². The van der Waals surface area contributed by atoms with Crippen molar-refractivity contribution < 1.29 is 26.8 Å². The summed E-state index contributed by atoms with van der Waals surface area (Å²) in [4.78, 5) is 28.2. The van der Waals surface area contributed by atoms with E-state index in [0.717, 1.165) is 18.7 Å². The van der Waals surface area contributed by atoms with Gasteiger partial charge in [-0.15, -0.1) is 0 Å². The smallest absolute Gasteiger partial charge is 0.240 e. The van der Waals surface area contributed by atoms with Crippen LogP contribution in [0.4, 0.5) is 8.78 Å². The van der Waals surface area contributed by atoms with Gasteiger partial charge in [-0.1, -0.05) is 13.8 Å². The molecule has 8 nitrogen and oxygen atoms in total. The van der Waals surface area contributed by atoms with Crippen LogP contribution in [0.2, 0.25) is 0 Å². The maximum atomic E-state index is 13.3. The van der Waals surface area contributed by atoms with Gasteiger partial charge >= 0.3 is 0 Å². The maximum Gasteiger partial charge on any atom is 0.240 e. The minimum absolute atomic E-state index is 0.00628. The van der Waals surface area contributed by atoms with Gasteiger partial charge < -0.3 is 15.1 Å². The van der Waals surface area contributed by atoms with E-state index in [-0.39, 0.29) is 36.1 Å². The topological polar surface area (TPSA) is 98.8 Å². The van der Waals surface area contributed by atoms with E-state index in [9.17, 15) is 26.8 Å². The molecule has 1 heterocycles. The number of sulfonamides is 1. The van der Waals surface area contributed by atoms with Gasteiger partial charge in [-0.2, -0.15) is 0 Å². The molecular formula is C22H34F2N4O4S. The number of likely N-dealkylation sites (tertiary alicyclic amines) is 1. The molecule has 2 N–H and O–H groups in total. The molecule has 1 aromatic carbocycles. The molecule has 0 aliphatic carbocycles. The highest BCUT2D eigenvalue weighted by Gasteiger charge is 2.29. The van der Waals surface area contributed by atoms with Gasteiger partial charge in [0.2, 0.25) is 21.8 Å². The highest BCUT2D eigenvalue weighted by Crippen LogP contribution is 2.20. The summed E-state index contributed by atoms with van der Waals surface area (Å²) in [5.74, 6) is -2.79. The molecule has 0 atom stereocenters. The van der Waals surface area contributed by atoms with Crippen LogP contribution >= 0.6 is 0 Å². The number of nitrogens with zero attached hydrogens (tertiary/aromatic N) is 2. The molecule has 186 valence electrons. The zero-order chi connectivity index (χ0) is 24.8. The molecule has 0 bridgehead atoms. The number of piperidine rings is 1. The van der Waals surface area contributed by atoms with E-state index in [1.54, 1.807) is 4.90 Å². The molecule has 0 spiro atoms. The van der Waals surface area contributed by atoms with Crippen molar-refractivity contribution in [3.8, 4) is 0 Å². The third-order valence-electron chi connectivity index (χ3n) is 5.54. The van der Waals surface area contributed by atoms with E-state index in [1.807, 2.05) is 14.1 Å². The SMILES string of the molecule is CN(C)CC(C)(C)CNC(=O)C1CCN(C(=O)CCNS(=O)(=O)c2ccc(F)c(F)c2)CC1. The molecule has 0 saturated carbocycles. The van der Waals surface area contributed by atoms with Crippen LogP contribution in [0.1, 0.15) is 33.1 Å². The summed E-state index contributed by atoms with van der Waals surface area (Å²) in [6, 6.07) is 2.29. The Morgan fingerprint density at radius 2 is 1.79 bits per heavy atom. The number of nitrogens with one attached hydrogen (secondary N) is 2. The number of benzene rings is 1. The Morgan fingerprint density at radius 1 is 1.15 bits per heavy atom. The Labute approximate surface area is 194 Å². The first-order chi connectivity index (χ1) is 15.3. The Kier molecular flexibility index (Phi) is 9.33. The van der Waals surface area contributed by atoms with Crippen LogP contribution in [0.3, 0.4) is 0 Å². The van der Waals surface area contributed by atoms with Crippen molar-refractivity contribution in [3.05, 3.63) is 29.8 Å². The number of rotatable bonds is 10. The summed E-state index contributed by atoms with van der Waals surface area (Å²) in [5, 5.41) is 3.02. The molecule has 1 fully saturated rings. The monoisotopic (exact) mass is 488 g/mol. The Bertz CT molecular complexity index is 946. The highest BCUT2D eigenvalue weighted by atomic mass is 32.2. The van der Waals surface area contributed by atoms with Crippen LogP contribution < -0.4 is 10.0 Å². The minimum atomic E-state index is -4.06. The van der Waals surface area contributed by atoms with Crippen molar-refractivity contribution in [3.63, 3.8) is 0 Å². The number of hydrogen-bond acceptors (Lipinski definition) is 5. The minimum Gasteiger partial charge on any atom is -0.355 e. The zero-order valence-electron chi connectivity index (χ0n) is 19.7. The predicted octanol–water partition coefficient (Wildman–Crippen LogP) is 1.58. The van der Waals surface area contributed by atoms with E-state index in [2.05, 4.69) is 28.8 Å². The Balaban J connectivity index is 1.75. The quantitative estimate of drug-likeness (QED) is 0.521. The lowest BCUT2D eigenvalue weighted by molar-refractivity contribution is -0.135. The molecule has 1 aliphatic heterocycles. The fourth-order valence-corrected chi connectivity index (χ4v) is 4.99. The fraction of sp³-hybridized carbons (Fsp3) is 0.636. The molecule has 1 aliphatic rings. The molecule has 33 heavy (non-hydrogen) atoms. The van der Waals surface area contributed by atoms with Crippen LogP contribution in [0.5, 0.6) is 0 Å². The largest absolute Gasteiger partial charge is 0.355 e. The van der Waals surface area contributed by atoms with Gasteiger partial charge in [-0.05, 0) is 50.6 Å². The van der Waals surface area contributed by atoms with Crippen molar-refractivity contribution in [2.75, 3.05) is 46.8 Å². The molecule has 2 amide bonds. The predicted molar refractivity (Wildman–Crippen MR) is 121 cm³/mol.